The summed E-state index contributed by atoms with van der Waals surface area (Å²) in [5.41, 5.74) is -2.81. The van der Waals surface area contributed by atoms with Gasteiger partial charge in [-0.25, -0.2) is 4.79 Å². The molecule has 15 heteroatoms. The Bertz CT molecular complexity index is 1740. The second-order valence-electron chi connectivity index (χ2n) is 20.9. The second-order valence-corrected chi connectivity index (χ2v) is 20.9. The van der Waals surface area contributed by atoms with Gasteiger partial charge in [0.25, 0.3) is 0 Å². The molecule has 3 aliphatic heterocycles. The Morgan fingerprint density at radius 1 is 0.781 bits per heavy atom. The van der Waals surface area contributed by atoms with Crippen LogP contribution in [0.1, 0.15) is 127 Å². The van der Waals surface area contributed by atoms with E-state index in [1.165, 1.54) is 13.0 Å². The van der Waals surface area contributed by atoms with Crippen LogP contribution in [0.25, 0.3) is 0 Å². The largest absolute Gasteiger partial charge is 0.458 e. The minimum absolute atomic E-state index is 0.0697. The van der Waals surface area contributed by atoms with Gasteiger partial charge in [-0.1, -0.05) is 44.9 Å². The number of ether oxygens (including phenoxy) is 10. The molecule has 20 atom stereocenters. The minimum Gasteiger partial charge on any atom is -0.458 e. The minimum atomic E-state index is -1.65. The maximum atomic E-state index is 13.5. The summed E-state index contributed by atoms with van der Waals surface area (Å²) in [6.45, 7) is 17.1. The molecule has 0 aromatic heterocycles. The monoisotopic (exact) mass is 907 g/mol. The van der Waals surface area contributed by atoms with E-state index in [2.05, 4.69) is 13.0 Å². The SMILES string of the molecule is CO[C@H]1C[C@@H](O[C@H]2[C@H](C)O[C@@H](O[C@@H]3[C@H](C)O[C@@H](O[C@@H]4CC[C@@]5(C)C(=CC[C@@]6(O)[C@@H]5C[C@@H](OC(=O)/C=C(\C)C(C)C)[C@]5(C)[C@H](C(C)=O)CC[C@]56O)C4)C[C@@H]3OC)C[C@H]2OC)O[C@@H](C)[C@@H]1O. The highest BCUT2D eigenvalue weighted by Crippen LogP contribution is 2.70. The van der Waals surface area contributed by atoms with E-state index < -0.39 is 108 Å². The maximum Gasteiger partial charge on any atom is 0.330 e. The third-order valence-corrected chi connectivity index (χ3v) is 17.2. The fourth-order valence-electron chi connectivity index (χ4n) is 13.0. The third kappa shape index (κ3) is 8.85. The predicted octanol–water partition coefficient (Wildman–Crippen LogP) is 5.47. The van der Waals surface area contributed by atoms with Crippen molar-refractivity contribution in [1.82, 2.24) is 0 Å². The lowest BCUT2D eigenvalue weighted by molar-refractivity contribution is -0.338. The predicted molar refractivity (Wildman–Crippen MR) is 233 cm³/mol. The fraction of sp³-hybridized carbons (Fsp3) is 0.878. The summed E-state index contributed by atoms with van der Waals surface area (Å²) in [6, 6.07) is 0. The van der Waals surface area contributed by atoms with Crippen molar-refractivity contribution < 1.29 is 72.3 Å². The van der Waals surface area contributed by atoms with E-state index in [0.29, 0.717) is 51.4 Å². The number of methoxy groups -OCH3 is 3. The topological polar surface area (TPSA) is 187 Å². The molecule has 3 saturated heterocycles. The van der Waals surface area contributed by atoms with E-state index in [1.54, 1.807) is 28.3 Å². The van der Waals surface area contributed by atoms with Crippen LogP contribution in [-0.4, -0.2) is 146 Å². The first kappa shape index (κ1) is 50.0. The zero-order chi connectivity index (χ0) is 46.7. The van der Waals surface area contributed by atoms with E-state index in [4.69, 9.17) is 47.4 Å². The highest BCUT2D eigenvalue weighted by molar-refractivity contribution is 5.83. The zero-order valence-electron chi connectivity index (χ0n) is 40.3. The average Bonchev–Trinajstić information content (AvgIpc) is 3.54. The maximum absolute atomic E-state index is 13.5. The van der Waals surface area contributed by atoms with Gasteiger partial charge in [0, 0.05) is 63.9 Å². The van der Waals surface area contributed by atoms with Crippen molar-refractivity contribution in [2.75, 3.05) is 21.3 Å². The first-order valence-electron chi connectivity index (χ1n) is 23.9. The van der Waals surface area contributed by atoms with Crippen LogP contribution < -0.4 is 0 Å². The average molecular weight is 907 g/mol. The van der Waals surface area contributed by atoms with Gasteiger partial charge >= 0.3 is 5.97 Å². The number of ketones is 1. The van der Waals surface area contributed by atoms with Gasteiger partial charge in [0.05, 0.1) is 42.7 Å². The molecular formula is C49H78O15. The van der Waals surface area contributed by atoms with Gasteiger partial charge in [0.15, 0.2) is 18.9 Å². The van der Waals surface area contributed by atoms with Crippen molar-refractivity contribution in [2.45, 2.75) is 224 Å². The number of fused-ring (bicyclic) bond motifs is 5. The van der Waals surface area contributed by atoms with Gasteiger partial charge in [0.1, 0.15) is 41.4 Å². The van der Waals surface area contributed by atoms with Gasteiger partial charge < -0.3 is 62.7 Å². The van der Waals surface area contributed by atoms with Crippen molar-refractivity contribution in [1.29, 1.82) is 0 Å². The van der Waals surface area contributed by atoms with Gasteiger partial charge in [-0.3, -0.25) is 4.79 Å². The Morgan fingerprint density at radius 2 is 1.33 bits per heavy atom. The van der Waals surface area contributed by atoms with E-state index in [0.717, 1.165) is 11.1 Å². The fourth-order valence-corrected chi connectivity index (χ4v) is 13.0. The van der Waals surface area contributed by atoms with Gasteiger partial charge in [0.2, 0.25) is 0 Å². The summed E-state index contributed by atoms with van der Waals surface area (Å²) < 4.78 is 62.3. The summed E-state index contributed by atoms with van der Waals surface area (Å²) in [7, 11) is 4.87. The number of carbonyl (C=O) groups is 2. The summed E-state index contributed by atoms with van der Waals surface area (Å²) in [4.78, 5) is 26.7. The number of aliphatic hydroxyl groups excluding tert-OH is 1. The van der Waals surface area contributed by atoms with Crippen molar-refractivity contribution in [3.63, 3.8) is 0 Å². The number of Topliss-reactive ketones (excluding diaryl/α,β-unsaturated/α-hetero) is 1. The molecule has 364 valence electrons. The van der Waals surface area contributed by atoms with Crippen molar-refractivity contribution >= 4 is 11.8 Å². The Hall–Kier alpha value is -1.86. The van der Waals surface area contributed by atoms with Crippen molar-refractivity contribution in [2.24, 2.45) is 28.6 Å². The third-order valence-electron chi connectivity index (χ3n) is 17.2. The number of allylic oxidation sites excluding steroid dienone is 1. The summed E-state index contributed by atoms with van der Waals surface area (Å²) in [5, 5.41) is 36.2. The molecule has 15 nitrogen and oxygen atoms in total. The van der Waals surface area contributed by atoms with Crippen molar-refractivity contribution in [3.8, 4) is 0 Å². The highest BCUT2D eigenvalue weighted by atomic mass is 16.7. The Balaban J connectivity index is 0.998. The second kappa shape index (κ2) is 19.3. The summed E-state index contributed by atoms with van der Waals surface area (Å²) in [5.74, 6) is -1.39. The molecule has 0 spiro atoms. The lowest BCUT2D eigenvalue weighted by atomic mass is 9.43. The normalized spacial score (nSPS) is 48.5. The lowest BCUT2D eigenvalue weighted by Gasteiger charge is -2.66. The molecule has 0 radical (unpaired) electrons. The molecule has 0 aromatic rings. The molecule has 7 rings (SSSR count). The van der Waals surface area contributed by atoms with Crippen LogP contribution >= 0.6 is 0 Å². The lowest BCUT2D eigenvalue weighted by Crippen LogP contribution is -2.75. The number of hydrogen-bond acceptors (Lipinski definition) is 15. The number of aliphatic hydroxyl groups is 3. The van der Waals surface area contributed by atoms with Crippen LogP contribution in [0.15, 0.2) is 23.3 Å². The van der Waals surface area contributed by atoms with E-state index in [1.807, 2.05) is 41.5 Å². The summed E-state index contributed by atoms with van der Waals surface area (Å²) in [6.07, 6.45) is 1.32. The Labute approximate surface area is 380 Å². The van der Waals surface area contributed by atoms with Crippen LogP contribution in [0.5, 0.6) is 0 Å². The molecule has 3 N–H and O–H groups in total. The number of rotatable bonds is 13. The molecule has 4 aliphatic carbocycles. The number of esters is 1. The van der Waals surface area contributed by atoms with E-state index in [9.17, 15) is 24.9 Å². The van der Waals surface area contributed by atoms with Crippen LogP contribution in [-0.2, 0) is 57.0 Å². The van der Waals surface area contributed by atoms with Crippen LogP contribution in [0, 0.1) is 28.6 Å². The Morgan fingerprint density at radius 3 is 1.88 bits per heavy atom. The Kier molecular flexibility index (Phi) is 15.1. The summed E-state index contributed by atoms with van der Waals surface area (Å²) >= 11 is 0. The first-order valence-corrected chi connectivity index (χ1v) is 23.9. The smallest absolute Gasteiger partial charge is 0.330 e. The molecule has 0 bridgehead atoms. The van der Waals surface area contributed by atoms with Gasteiger partial charge in [-0.05, 0) is 90.9 Å². The van der Waals surface area contributed by atoms with E-state index >= 15 is 0 Å². The standard InChI is InChI=1S/C49H78O15/c1-25(2)26(3)19-39(51)62-38-24-37-46(8)16-14-32(20-31(46)13-17-48(37,53)49(54)18-15-33(27(4)50)47(38,49)9)61-40-22-35(56-11)44(29(6)59-40)64-42-23-36(57-12)45(30(7)60-42)63-41-21-34(55-10)43(52)28(5)58-41/h13,19,25,28-30,32-38,40-45,52-54H,14-18,20-24H2,1-12H3/b26-19+/t28-,29-,30-,32+,33-,34-,35-,36+,37+,38+,40-,41+,42-,43-,44+,45-,46-,47-,48+,49-/m0/s1. The molecule has 0 aromatic carbocycles. The number of hydrogen-bond donors (Lipinski definition) is 3. The van der Waals surface area contributed by atoms with Crippen LogP contribution in [0.4, 0.5) is 0 Å². The van der Waals surface area contributed by atoms with Crippen molar-refractivity contribution in [3.05, 3.63) is 23.3 Å². The molecule has 0 amide bonds. The first-order chi connectivity index (χ1) is 30.1. The molecule has 3 saturated carbocycles. The zero-order valence-corrected chi connectivity index (χ0v) is 40.3. The number of carbonyl (C=O) groups excluding carboxylic acids is 2. The molecule has 64 heavy (non-hydrogen) atoms. The molecule has 6 fully saturated rings. The van der Waals surface area contributed by atoms with E-state index in [-0.39, 0.29) is 42.9 Å². The van der Waals surface area contributed by atoms with Crippen LogP contribution in [0.2, 0.25) is 0 Å². The molecule has 7 aliphatic rings. The molecule has 0 unspecified atom stereocenters. The molecular weight excluding hydrogens is 829 g/mol. The van der Waals surface area contributed by atoms with Gasteiger partial charge in [-0.2, -0.15) is 0 Å². The van der Waals surface area contributed by atoms with Gasteiger partial charge in [-0.15, -0.1) is 0 Å². The van der Waals surface area contributed by atoms with Crippen LogP contribution in [0.3, 0.4) is 0 Å². The quantitative estimate of drug-likeness (QED) is 0.120. The highest BCUT2D eigenvalue weighted by Gasteiger charge is 2.77. The molecule has 3 heterocycles.